The maximum absolute atomic E-state index is 12.8. The largest absolute Gasteiger partial charge is 0.376 e. The Morgan fingerprint density at radius 2 is 1.93 bits per heavy atom. The van der Waals surface area contributed by atoms with Crippen molar-refractivity contribution in [2.45, 2.75) is 18.9 Å². The summed E-state index contributed by atoms with van der Waals surface area (Å²) in [5.41, 5.74) is 2.29. The molecule has 2 aliphatic rings. The Kier molecular flexibility index (Phi) is 5.94. The molecule has 0 aromatic heterocycles. The zero-order chi connectivity index (χ0) is 20.9. The van der Waals surface area contributed by atoms with Crippen LogP contribution < -0.4 is 20.9 Å². The van der Waals surface area contributed by atoms with Gasteiger partial charge in [0, 0.05) is 18.8 Å². The summed E-state index contributed by atoms with van der Waals surface area (Å²) in [6.07, 6.45) is 2.01. The molecule has 0 radical (unpaired) electrons. The van der Waals surface area contributed by atoms with E-state index in [0.29, 0.717) is 29.2 Å². The lowest BCUT2D eigenvalue weighted by Crippen LogP contribution is -2.44. The van der Waals surface area contributed by atoms with Gasteiger partial charge in [-0.15, -0.1) is 0 Å². The molecule has 0 bridgehead atoms. The normalized spacial score (nSPS) is 17.8. The first-order valence-electron chi connectivity index (χ1n) is 10.0. The van der Waals surface area contributed by atoms with Gasteiger partial charge in [0.2, 0.25) is 11.8 Å². The second-order valence-corrected chi connectivity index (χ2v) is 7.29. The molecule has 8 nitrogen and oxygen atoms in total. The van der Waals surface area contributed by atoms with Crippen LogP contribution in [0.2, 0.25) is 0 Å². The van der Waals surface area contributed by atoms with Crippen LogP contribution in [0.25, 0.3) is 0 Å². The summed E-state index contributed by atoms with van der Waals surface area (Å²) in [4.78, 5) is 38.8. The van der Waals surface area contributed by atoms with Crippen molar-refractivity contribution in [2.24, 2.45) is 0 Å². The molecule has 2 heterocycles. The maximum atomic E-state index is 12.8. The highest BCUT2D eigenvalue weighted by Gasteiger charge is 2.26. The third kappa shape index (κ3) is 4.44. The van der Waals surface area contributed by atoms with E-state index in [4.69, 9.17) is 4.74 Å². The predicted octanol–water partition coefficient (Wildman–Crippen LogP) is 1.99. The fourth-order valence-electron chi connectivity index (χ4n) is 3.66. The molecule has 3 N–H and O–H groups in total. The Bertz CT molecular complexity index is 956. The Hall–Kier alpha value is -3.39. The lowest BCUT2D eigenvalue weighted by molar-refractivity contribution is -0.120. The van der Waals surface area contributed by atoms with Crippen LogP contribution in [0.3, 0.4) is 0 Å². The van der Waals surface area contributed by atoms with Gasteiger partial charge in [0.25, 0.3) is 5.91 Å². The standard InChI is InChI=1S/C22H24N4O4/c27-20-14-26(19-10-4-3-9-18(19)25-20)21(28)13-23-17-8-2-1-7-16(17)22(29)24-12-15-6-5-11-30-15/h1-4,7-10,15,23H,5-6,11-14H2,(H,24,29)(H,25,27)/t15-/m0/s1. The summed E-state index contributed by atoms with van der Waals surface area (Å²) in [6.45, 7) is 1.11. The van der Waals surface area contributed by atoms with Crippen molar-refractivity contribution >= 4 is 34.8 Å². The highest BCUT2D eigenvalue weighted by Crippen LogP contribution is 2.29. The van der Waals surface area contributed by atoms with Crippen LogP contribution in [0, 0.1) is 0 Å². The predicted molar refractivity (Wildman–Crippen MR) is 114 cm³/mol. The molecule has 0 aliphatic carbocycles. The van der Waals surface area contributed by atoms with Gasteiger partial charge in [-0.25, -0.2) is 0 Å². The summed E-state index contributed by atoms with van der Waals surface area (Å²) in [5, 5.41) is 8.71. The highest BCUT2D eigenvalue weighted by molar-refractivity contribution is 6.11. The minimum atomic E-state index is -0.258. The van der Waals surface area contributed by atoms with Gasteiger partial charge in [0.15, 0.2) is 0 Å². The van der Waals surface area contributed by atoms with E-state index in [1.807, 2.05) is 6.07 Å². The summed E-state index contributed by atoms with van der Waals surface area (Å²) in [6, 6.07) is 14.2. The lowest BCUT2D eigenvalue weighted by atomic mass is 10.1. The van der Waals surface area contributed by atoms with E-state index in [-0.39, 0.29) is 36.9 Å². The van der Waals surface area contributed by atoms with E-state index in [2.05, 4.69) is 16.0 Å². The van der Waals surface area contributed by atoms with Gasteiger partial charge in [-0.2, -0.15) is 0 Å². The minimum Gasteiger partial charge on any atom is -0.376 e. The molecule has 0 saturated carbocycles. The Labute approximate surface area is 174 Å². The van der Waals surface area contributed by atoms with Crippen molar-refractivity contribution in [1.82, 2.24) is 5.32 Å². The molecule has 2 aromatic carbocycles. The number of ether oxygens (including phenoxy) is 1. The number of anilines is 3. The third-order valence-electron chi connectivity index (χ3n) is 5.19. The topological polar surface area (TPSA) is 99.8 Å². The minimum absolute atomic E-state index is 0.0406. The van der Waals surface area contributed by atoms with Gasteiger partial charge in [0.1, 0.15) is 6.54 Å². The van der Waals surface area contributed by atoms with E-state index >= 15 is 0 Å². The molecule has 0 spiro atoms. The highest BCUT2D eigenvalue weighted by atomic mass is 16.5. The van der Waals surface area contributed by atoms with Crippen molar-refractivity contribution in [3.05, 3.63) is 54.1 Å². The van der Waals surface area contributed by atoms with E-state index in [1.165, 1.54) is 4.90 Å². The summed E-state index contributed by atoms with van der Waals surface area (Å²) in [5.74, 6) is -0.716. The van der Waals surface area contributed by atoms with Crippen LogP contribution in [0.4, 0.5) is 17.1 Å². The van der Waals surface area contributed by atoms with E-state index in [9.17, 15) is 14.4 Å². The Morgan fingerprint density at radius 1 is 1.13 bits per heavy atom. The molecule has 30 heavy (non-hydrogen) atoms. The first-order chi connectivity index (χ1) is 14.6. The maximum Gasteiger partial charge on any atom is 0.253 e. The lowest BCUT2D eigenvalue weighted by Gasteiger charge is -2.29. The molecule has 0 unspecified atom stereocenters. The number of benzene rings is 2. The number of hydrogen-bond acceptors (Lipinski definition) is 5. The van der Waals surface area contributed by atoms with Crippen molar-refractivity contribution in [3.63, 3.8) is 0 Å². The second-order valence-electron chi connectivity index (χ2n) is 7.29. The molecule has 2 aromatic rings. The van der Waals surface area contributed by atoms with Gasteiger partial charge in [-0.3, -0.25) is 19.3 Å². The average molecular weight is 408 g/mol. The van der Waals surface area contributed by atoms with Crippen molar-refractivity contribution < 1.29 is 19.1 Å². The number of amides is 3. The summed E-state index contributed by atoms with van der Waals surface area (Å²) in [7, 11) is 0. The molecule has 1 fully saturated rings. The number of hydrogen-bond donors (Lipinski definition) is 3. The summed E-state index contributed by atoms with van der Waals surface area (Å²) < 4.78 is 5.54. The average Bonchev–Trinajstić information content (AvgIpc) is 3.29. The number of fused-ring (bicyclic) bond motifs is 1. The molecule has 3 amide bonds. The van der Waals surface area contributed by atoms with E-state index in [0.717, 1.165) is 19.4 Å². The number of rotatable bonds is 6. The van der Waals surface area contributed by atoms with Gasteiger partial charge in [0.05, 0.1) is 29.6 Å². The molecule has 1 atom stereocenters. The van der Waals surface area contributed by atoms with Crippen LogP contribution in [0.1, 0.15) is 23.2 Å². The van der Waals surface area contributed by atoms with Crippen LogP contribution in [-0.2, 0) is 14.3 Å². The zero-order valence-electron chi connectivity index (χ0n) is 16.5. The van der Waals surface area contributed by atoms with E-state index in [1.54, 1.807) is 42.5 Å². The first kappa shape index (κ1) is 19.9. The van der Waals surface area contributed by atoms with Crippen LogP contribution in [-0.4, -0.2) is 50.1 Å². The summed E-state index contributed by atoms with van der Waals surface area (Å²) >= 11 is 0. The molecule has 156 valence electrons. The molecular weight excluding hydrogens is 384 g/mol. The fraction of sp³-hybridized carbons (Fsp3) is 0.318. The Morgan fingerprint density at radius 3 is 2.77 bits per heavy atom. The zero-order valence-corrected chi connectivity index (χ0v) is 16.5. The van der Waals surface area contributed by atoms with E-state index < -0.39 is 0 Å². The number of nitrogens with one attached hydrogen (secondary N) is 3. The number of nitrogens with zero attached hydrogens (tertiary/aromatic N) is 1. The van der Waals surface area contributed by atoms with Crippen LogP contribution >= 0.6 is 0 Å². The molecule has 2 aliphatic heterocycles. The molecular formula is C22H24N4O4. The van der Waals surface area contributed by atoms with Gasteiger partial charge in [-0.05, 0) is 37.1 Å². The van der Waals surface area contributed by atoms with Crippen molar-refractivity contribution in [3.8, 4) is 0 Å². The number of para-hydroxylation sites is 3. The fourth-order valence-corrected chi connectivity index (χ4v) is 3.66. The van der Waals surface area contributed by atoms with Gasteiger partial charge >= 0.3 is 0 Å². The smallest absolute Gasteiger partial charge is 0.253 e. The van der Waals surface area contributed by atoms with Crippen LogP contribution in [0.5, 0.6) is 0 Å². The monoisotopic (exact) mass is 408 g/mol. The Balaban J connectivity index is 1.41. The van der Waals surface area contributed by atoms with Gasteiger partial charge < -0.3 is 20.7 Å². The molecule has 4 rings (SSSR count). The third-order valence-corrected chi connectivity index (χ3v) is 5.19. The molecule has 1 saturated heterocycles. The first-order valence-corrected chi connectivity index (χ1v) is 10.0. The quantitative estimate of drug-likeness (QED) is 0.679. The molecule has 8 heteroatoms. The van der Waals surface area contributed by atoms with Gasteiger partial charge in [-0.1, -0.05) is 24.3 Å². The van der Waals surface area contributed by atoms with Crippen LogP contribution in [0.15, 0.2) is 48.5 Å². The SMILES string of the molecule is O=C1CN(C(=O)CNc2ccccc2C(=O)NC[C@@H]2CCCO2)c2ccccc2N1. The number of carbonyl (C=O) groups is 3. The van der Waals surface area contributed by atoms with Crippen molar-refractivity contribution in [1.29, 1.82) is 0 Å². The van der Waals surface area contributed by atoms with Crippen molar-refractivity contribution in [2.75, 3.05) is 41.8 Å². The second kappa shape index (κ2) is 8.96. The number of carbonyl (C=O) groups excluding carboxylic acids is 3.